The molecule has 0 aliphatic heterocycles. The van der Waals surface area contributed by atoms with Gasteiger partial charge in [-0.1, -0.05) is 109 Å². The lowest BCUT2D eigenvalue weighted by Crippen LogP contribution is -2.07. The van der Waals surface area contributed by atoms with Crippen molar-refractivity contribution in [2.75, 3.05) is 0 Å². The van der Waals surface area contributed by atoms with Gasteiger partial charge in [0.15, 0.2) is 23.3 Å². The molecule has 0 aliphatic rings. The zero-order valence-corrected chi connectivity index (χ0v) is 29.4. The maximum atomic E-state index is 15.8. The van der Waals surface area contributed by atoms with Gasteiger partial charge < -0.3 is 9.13 Å². The van der Waals surface area contributed by atoms with Crippen LogP contribution in [-0.4, -0.2) is 9.13 Å². The number of rotatable bonds is 5. The SMILES string of the molecule is N#Cc1c(-n2c3ccccc3c3cc(-c4ccccc4)ccc32)cc(-c2c(F)c(F)cc(F)c2F)cc1-n1c2ccccc2c2cc(-c3ccccc3)ccc21. The van der Waals surface area contributed by atoms with Crippen LogP contribution in [0.5, 0.6) is 0 Å². The highest BCUT2D eigenvalue weighted by molar-refractivity contribution is 6.12. The molecule has 2 heterocycles. The summed E-state index contributed by atoms with van der Waals surface area (Å²) >= 11 is 0. The first kappa shape index (κ1) is 33.2. The zero-order valence-electron chi connectivity index (χ0n) is 29.4. The number of nitriles is 1. The van der Waals surface area contributed by atoms with E-state index in [1.807, 2.05) is 143 Å². The monoisotopic (exact) mass is 733 g/mol. The van der Waals surface area contributed by atoms with E-state index < -0.39 is 28.8 Å². The molecule has 0 saturated carbocycles. The second-order valence-electron chi connectivity index (χ2n) is 13.7. The molecule has 0 bridgehead atoms. The van der Waals surface area contributed by atoms with Gasteiger partial charge in [-0.25, -0.2) is 17.6 Å². The summed E-state index contributed by atoms with van der Waals surface area (Å²) in [4.78, 5) is 0. The number of halogens is 4. The van der Waals surface area contributed by atoms with Crippen LogP contribution in [-0.2, 0) is 0 Å². The summed E-state index contributed by atoms with van der Waals surface area (Å²) in [6, 6.07) is 52.9. The van der Waals surface area contributed by atoms with E-state index in [1.165, 1.54) is 12.1 Å². The van der Waals surface area contributed by atoms with Crippen LogP contribution in [0.3, 0.4) is 0 Å². The van der Waals surface area contributed by atoms with Gasteiger partial charge in [0, 0.05) is 27.6 Å². The average molecular weight is 734 g/mol. The fourth-order valence-electron chi connectivity index (χ4n) is 8.14. The molecule has 0 unspecified atom stereocenters. The third-order valence-corrected chi connectivity index (χ3v) is 10.7. The summed E-state index contributed by atoms with van der Waals surface area (Å²) in [5, 5.41) is 14.7. The number of fused-ring (bicyclic) bond motifs is 6. The number of aromatic nitrogens is 2. The molecule has 56 heavy (non-hydrogen) atoms. The number of nitrogens with zero attached hydrogens (tertiary/aromatic N) is 3. The molecule has 0 radical (unpaired) electrons. The lowest BCUT2D eigenvalue weighted by atomic mass is 9.98. The molecular weight excluding hydrogens is 707 g/mol. The van der Waals surface area contributed by atoms with Crippen molar-refractivity contribution in [2.24, 2.45) is 0 Å². The van der Waals surface area contributed by atoms with E-state index in [0.717, 1.165) is 65.9 Å². The van der Waals surface area contributed by atoms with Crippen molar-refractivity contribution in [3.63, 3.8) is 0 Å². The number of para-hydroxylation sites is 2. The molecule has 0 saturated heterocycles. The van der Waals surface area contributed by atoms with E-state index in [9.17, 15) is 14.0 Å². The van der Waals surface area contributed by atoms with Crippen molar-refractivity contribution in [3.05, 3.63) is 193 Å². The summed E-state index contributed by atoms with van der Waals surface area (Å²) in [6.45, 7) is 0. The topological polar surface area (TPSA) is 33.6 Å². The molecule has 2 aromatic heterocycles. The maximum Gasteiger partial charge on any atom is 0.169 e. The van der Waals surface area contributed by atoms with Gasteiger partial charge in [0.1, 0.15) is 11.6 Å². The molecule has 7 heteroatoms. The maximum absolute atomic E-state index is 15.8. The zero-order chi connectivity index (χ0) is 38.1. The molecule has 3 nitrogen and oxygen atoms in total. The van der Waals surface area contributed by atoms with Gasteiger partial charge in [-0.05, 0) is 76.3 Å². The Kier molecular flexibility index (Phi) is 7.62. The normalized spacial score (nSPS) is 11.6. The third kappa shape index (κ3) is 5.04. The fraction of sp³-hybridized carbons (Fsp3) is 0. The van der Waals surface area contributed by atoms with Crippen molar-refractivity contribution >= 4 is 43.6 Å². The average Bonchev–Trinajstić information content (AvgIpc) is 3.75. The van der Waals surface area contributed by atoms with Crippen LogP contribution in [0.4, 0.5) is 17.6 Å². The minimum atomic E-state index is -1.53. The molecule has 0 aliphatic carbocycles. The minimum Gasteiger partial charge on any atom is -0.308 e. The highest BCUT2D eigenvalue weighted by Crippen LogP contribution is 2.42. The van der Waals surface area contributed by atoms with E-state index in [-0.39, 0.29) is 28.6 Å². The Morgan fingerprint density at radius 1 is 0.375 bits per heavy atom. The molecule has 10 aromatic rings. The van der Waals surface area contributed by atoms with Crippen molar-refractivity contribution in [1.82, 2.24) is 9.13 Å². The van der Waals surface area contributed by atoms with Crippen molar-refractivity contribution < 1.29 is 17.6 Å². The predicted molar refractivity (Wildman–Crippen MR) is 216 cm³/mol. The molecule has 0 atom stereocenters. The smallest absolute Gasteiger partial charge is 0.169 e. The quantitative estimate of drug-likeness (QED) is 0.128. The molecule has 0 fully saturated rings. The van der Waals surface area contributed by atoms with Gasteiger partial charge in [-0.2, -0.15) is 5.26 Å². The Bertz CT molecular complexity index is 3040. The van der Waals surface area contributed by atoms with E-state index >= 15 is 8.78 Å². The van der Waals surface area contributed by atoms with Crippen molar-refractivity contribution in [1.29, 1.82) is 5.26 Å². The van der Waals surface area contributed by atoms with Crippen molar-refractivity contribution in [2.45, 2.75) is 0 Å². The molecule has 10 rings (SSSR count). The second kappa shape index (κ2) is 12.9. The Labute approximate surface area is 318 Å². The van der Waals surface area contributed by atoms with Gasteiger partial charge in [-0.3, -0.25) is 0 Å². The molecule has 8 aromatic carbocycles. The first-order valence-corrected chi connectivity index (χ1v) is 18.0. The predicted octanol–water partition coefficient (Wildman–Crippen LogP) is 13.3. The first-order valence-electron chi connectivity index (χ1n) is 18.0. The van der Waals surface area contributed by atoms with Crippen molar-refractivity contribution in [3.8, 4) is 50.8 Å². The number of hydrogen-bond donors (Lipinski definition) is 0. The van der Waals surface area contributed by atoms with Crippen LogP contribution >= 0.6 is 0 Å². The molecule has 0 N–H and O–H groups in total. The van der Waals surface area contributed by atoms with Crippen LogP contribution in [0.15, 0.2) is 164 Å². The number of hydrogen-bond acceptors (Lipinski definition) is 1. The molecule has 0 spiro atoms. The van der Waals surface area contributed by atoms with Crippen LogP contribution < -0.4 is 0 Å². The molecule has 0 amide bonds. The van der Waals surface area contributed by atoms with Gasteiger partial charge in [-0.15, -0.1) is 0 Å². The second-order valence-corrected chi connectivity index (χ2v) is 13.7. The lowest BCUT2D eigenvalue weighted by molar-refractivity contribution is 0.458. The van der Waals surface area contributed by atoms with Crippen LogP contribution in [0.25, 0.3) is 88.4 Å². The molecule has 266 valence electrons. The number of benzene rings is 8. The Hall–Kier alpha value is -7.43. The Balaban J connectivity index is 1.34. The van der Waals surface area contributed by atoms with E-state index in [0.29, 0.717) is 0 Å². The van der Waals surface area contributed by atoms with Crippen LogP contribution in [0.1, 0.15) is 5.56 Å². The van der Waals surface area contributed by atoms with Crippen LogP contribution in [0, 0.1) is 34.6 Å². The van der Waals surface area contributed by atoms with Gasteiger partial charge in [0.05, 0.1) is 39.0 Å². The van der Waals surface area contributed by atoms with E-state index in [1.54, 1.807) is 0 Å². The van der Waals surface area contributed by atoms with Crippen LogP contribution in [0.2, 0.25) is 0 Å². The van der Waals surface area contributed by atoms with E-state index in [4.69, 9.17) is 0 Å². The summed E-state index contributed by atoms with van der Waals surface area (Å²) in [6.07, 6.45) is 0. The highest BCUT2D eigenvalue weighted by atomic mass is 19.2. The fourth-order valence-corrected chi connectivity index (χ4v) is 8.14. The molecular formula is C49H27F4N3. The third-order valence-electron chi connectivity index (χ3n) is 10.7. The minimum absolute atomic E-state index is 0.138. The highest BCUT2D eigenvalue weighted by Gasteiger charge is 2.27. The van der Waals surface area contributed by atoms with Gasteiger partial charge in [0.2, 0.25) is 0 Å². The summed E-state index contributed by atoms with van der Waals surface area (Å²) in [5.41, 5.74) is 6.68. The summed E-state index contributed by atoms with van der Waals surface area (Å²) < 4.78 is 65.3. The Morgan fingerprint density at radius 3 is 1.23 bits per heavy atom. The standard InChI is InChI=1S/C49H27F4N3/c50-39-27-40(51)49(53)47(48(39)52)33-25-45(55-41-17-9-7-15-34(41)36-23-31(19-21-43(36)55)29-11-3-1-4-12-29)38(28-54)46(26-33)56-42-18-10-8-16-35(42)37-24-32(20-22-44(37)56)30-13-5-2-6-14-30/h1-27H. The first-order chi connectivity index (χ1) is 27.4. The lowest BCUT2D eigenvalue weighted by Gasteiger charge is -2.19. The van der Waals surface area contributed by atoms with E-state index in [2.05, 4.69) is 18.2 Å². The van der Waals surface area contributed by atoms with Gasteiger partial charge >= 0.3 is 0 Å². The Morgan fingerprint density at radius 2 is 0.786 bits per heavy atom. The largest absolute Gasteiger partial charge is 0.308 e. The summed E-state index contributed by atoms with van der Waals surface area (Å²) in [5.74, 6) is -6.12. The van der Waals surface area contributed by atoms with Gasteiger partial charge in [0.25, 0.3) is 0 Å². The summed E-state index contributed by atoms with van der Waals surface area (Å²) in [7, 11) is 0.